The predicted molar refractivity (Wildman–Crippen MR) is 145 cm³/mol. The zero-order valence-corrected chi connectivity index (χ0v) is 23.6. The van der Waals surface area contributed by atoms with Crippen molar-refractivity contribution < 1.29 is 39.0 Å². The number of carbonyl (C=O) groups excluding carboxylic acids is 4. The third-order valence-electron chi connectivity index (χ3n) is 7.70. The Morgan fingerprint density at radius 2 is 1.59 bits per heavy atom. The van der Waals surface area contributed by atoms with E-state index in [0.29, 0.717) is 19.3 Å². The van der Waals surface area contributed by atoms with Gasteiger partial charge < -0.3 is 31.1 Å². The van der Waals surface area contributed by atoms with Crippen LogP contribution in [0.15, 0.2) is 0 Å². The molecule has 0 radical (unpaired) electrons. The van der Waals surface area contributed by atoms with Gasteiger partial charge in [-0.05, 0) is 37.5 Å². The molecule has 0 aromatic heterocycles. The highest BCUT2D eigenvalue weighted by molar-refractivity contribution is 7.80. The van der Waals surface area contributed by atoms with Crippen LogP contribution in [-0.2, 0) is 28.8 Å². The summed E-state index contributed by atoms with van der Waals surface area (Å²) in [5.74, 6) is -4.93. The minimum atomic E-state index is -1.22. The number of carboxylic acid groups (broad SMARTS) is 2. The van der Waals surface area contributed by atoms with E-state index < -0.39 is 59.7 Å². The quantitative estimate of drug-likeness (QED) is 0.167. The lowest BCUT2D eigenvalue weighted by Gasteiger charge is -2.34. The van der Waals surface area contributed by atoms with Crippen LogP contribution in [0.25, 0.3) is 0 Å². The standard InChI is InChI=1S/C26H42N4O8S/c1-3-15(2)21(25(36)30-13-7-10-18(30)23(34)27-17(14-39)26(37)38)29-24(35)22(16-8-5-4-6-9-16)28-19(31)11-12-20(32)33/h15-18,21-22,39H,3-14H2,1-2H3,(H,27,34)(H,28,31)(H,29,35)(H,32,33)(H,37,38)/t15?,17-,18-,21-,22-/m0/s1. The highest BCUT2D eigenvalue weighted by Crippen LogP contribution is 2.28. The van der Waals surface area contributed by atoms with E-state index in [9.17, 15) is 33.9 Å². The van der Waals surface area contributed by atoms with E-state index in [2.05, 4.69) is 28.6 Å². The molecular weight excluding hydrogens is 528 g/mol. The molecule has 13 heteroatoms. The van der Waals surface area contributed by atoms with Gasteiger partial charge in [0.2, 0.25) is 23.6 Å². The maximum absolute atomic E-state index is 13.7. The molecule has 2 rings (SSSR count). The van der Waals surface area contributed by atoms with Crippen molar-refractivity contribution in [2.24, 2.45) is 11.8 Å². The van der Waals surface area contributed by atoms with Gasteiger partial charge in [-0.2, -0.15) is 12.6 Å². The molecule has 220 valence electrons. The molecule has 2 fully saturated rings. The molecule has 1 aliphatic carbocycles. The summed E-state index contributed by atoms with van der Waals surface area (Å²) in [5.41, 5.74) is 0. The third kappa shape index (κ3) is 9.40. The fourth-order valence-electron chi connectivity index (χ4n) is 5.19. The summed E-state index contributed by atoms with van der Waals surface area (Å²) in [5, 5.41) is 26.2. The first-order valence-electron chi connectivity index (χ1n) is 13.8. The lowest BCUT2D eigenvalue weighted by molar-refractivity contribution is -0.145. The van der Waals surface area contributed by atoms with Crippen molar-refractivity contribution in [1.29, 1.82) is 0 Å². The van der Waals surface area contributed by atoms with Crippen LogP contribution in [0, 0.1) is 11.8 Å². The van der Waals surface area contributed by atoms with Crippen molar-refractivity contribution in [3.8, 4) is 0 Å². The fraction of sp³-hybridized carbons (Fsp3) is 0.769. The van der Waals surface area contributed by atoms with Gasteiger partial charge in [-0.3, -0.25) is 24.0 Å². The smallest absolute Gasteiger partial charge is 0.327 e. The van der Waals surface area contributed by atoms with E-state index in [1.807, 2.05) is 13.8 Å². The summed E-state index contributed by atoms with van der Waals surface area (Å²) in [4.78, 5) is 76.3. The summed E-state index contributed by atoms with van der Waals surface area (Å²) >= 11 is 3.97. The Kier molecular flexibility index (Phi) is 13.0. The summed E-state index contributed by atoms with van der Waals surface area (Å²) in [6, 6.07) is -3.93. The number of thiol groups is 1. The molecule has 2 aliphatic rings. The second kappa shape index (κ2) is 15.7. The van der Waals surface area contributed by atoms with Crippen LogP contribution in [0.1, 0.15) is 78.1 Å². The van der Waals surface area contributed by atoms with Crippen LogP contribution in [0.3, 0.4) is 0 Å². The van der Waals surface area contributed by atoms with Gasteiger partial charge in [-0.1, -0.05) is 39.5 Å². The van der Waals surface area contributed by atoms with Crippen LogP contribution in [0.5, 0.6) is 0 Å². The molecule has 5 N–H and O–H groups in total. The van der Waals surface area contributed by atoms with E-state index in [0.717, 1.165) is 32.1 Å². The Balaban J connectivity index is 2.21. The Morgan fingerprint density at radius 1 is 0.923 bits per heavy atom. The van der Waals surface area contributed by atoms with Crippen LogP contribution >= 0.6 is 12.6 Å². The van der Waals surface area contributed by atoms with Crippen molar-refractivity contribution in [3.05, 3.63) is 0 Å². The fourth-order valence-corrected chi connectivity index (χ4v) is 5.44. The zero-order chi connectivity index (χ0) is 29.1. The molecule has 1 aliphatic heterocycles. The highest BCUT2D eigenvalue weighted by atomic mass is 32.1. The van der Waals surface area contributed by atoms with Crippen LogP contribution in [0.4, 0.5) is 0 Å². The van der Waals surface area contributed by atoms with Gasteiger partial charge >= 0.3 is 11.9 Å². The average Bonchev–Trinajstić information content (AvgIpc) is 3.41. The van der Waals surface area contributed by atoms with Crippen molar-refractivity contribution in [2.45, 2.75) is 102 Å². The number of rotatable bonds is 14. The van der Waals surface area contributed by atoms with E-state index in [-0.39, 0.29) is 37.0 Å². The maximum Gasteiger partial charge on any atom is 0.327 e. The number of likely N-dealkylation sites (tertiary alicyclic amines) is 1. The third-order valence-corrected chi connectivity index (χ3v) is 8.06. The minimum absolute atomic E-state index is 0.103. The Morgan fingerprint density at radius 3 is 2.15 bits per heavy atom. The number of aliphatic carboxylic acids is 2. The molecule has 1 saturated heterocycles. The second-order valence-corrected chi connectivity index (χ2v) is 10.8. The first-order chi connectivity index (χ1) is 18.5. The van der Waals surface area contributed by atoms with Crippen molar-refractivity contribution in [3.63, 3.8) is 0 Å². The Labute approximate surface area is 234 Å². The van der Waals surface area contributed by atoms with Gasteiger partial charge in [-0.15, -0.1) is 0 Å². The maximum atomic E-state index is 13.7. The molecular formula is C26H42N4O8S. The Hall–Kier alpha value is -2.83. The van der Waals surface area contributed by atoms with Gasteiger partial charge in [0.1, 0.15) is 24.2 Å². The largest absolute Gasteiger partial charge is 0.481 e. The lowest BCUT2D eigenvalue weighted by atomic mass is 9.83. The molecule has 0 aromatic carbocycles. The lowest BCUT2D eigenvalue weighted by Crippen LogP contribution is -2.60. The molecule has 0 aromatic rings. The first kappa shape index (κ1) is 32.4. The van der Waals surface area contributed by atoms with Crippen LogP contribution in [0.2, 0.25) is 0 Å². The summed E-state index contributed by atoms with van der Waals surface area (Å²) < 4.78 is 0. The highest BCUT2D eigenvalue weighted by Gasteiger charge is 2.41. The van der Waals surface area contributed by atoms with Gasteiger partial charge in [0.25, 0.3) is 0 Å². The van der Waals surface area contributed by atoms with E-state index in [1.54, 1.807) is 0 Å². The van der Waals surface area contributed by atoms with E-state index in [1.165, 1.54) is 4.90 Å². The van der Waals surface area contributed by atoms with Crippen LogP contribution < -0.4 is 16.0 Å². The summed E-state index contributed by atoms with van der Waals surface area (Å²) in [6.45, 7) is 3.98. The number of hydrogen-bond donors (Lipinski definition) is 6. The Bertz CT molecular complexity index is 910. The van der Waals surface area contributed by atoms with Gasteiger partial charge in [0, 0.05) is 18.7 Å². The topological polar surface area (TPSA) is 182 Å². The number of hydrogen-bond acceptors (Lipinski definition) is 7. The van der Waals surface area contributed by atoms with E-state index in [4.69, 9.17) is 5.11 Å². The summed E-state index contributed by atoms with van der Waals surface area (Å²) in [7, 11) is 0. The minimum Gasteiger partial charge on any atom is -0.481 e. The number of carbonyl (C=O) groups is 6. The molecule has 0 bridgehead atoms. The molecule has 39 heavy (non-hydrogen) atoms. The predicted octanol–water partition coefficient (Wildman–Crippen LogP) is 0.937. The molecule has 1 unspecified atom stereocenters. The molecule has 0 spiro atoms. The normalized spacial score (nSPS) is 20.8. The monoisotopic (exact) mass is 570 g/mol. The van der Waals surface area contributed by atoms with Gasteiger partial charge in [0.15, 0.2) is 0 Å². The SMILES string of the molecule is CCC(C)[C@H](NC(=O)[C@@H](NC(=O)CCC(=O)O)C1CCCCC1)C(=O)N1CCC[C@H]1C(=O)N[C@@H](CS)C(=O)O. The van der Waals surface area contributed by atoms with Crippen molar-refractivity contribution in [2.75, 3.05) is 12.3 Å². The van der Waals surface area contributed by atoms with Crippen molar-refractivity contribution in [1.82, 2.24) is 20.9 Å². The molecule has 5 atom stereocenters. The average molecular weight is 571 g/mol. The molecule has 1 heterocycles. The number of nitrogens with zero attached hydrogens (tertiary/aromatic N) is 1. The first-order valence-corrected chi connectivity index (χ1v) is 14.4. The van der Waals surface area contributed by atoms with Gasteiger partial charge in [0.05, 0.1) is 6.42 Å². The van der Waals surface area contributed by atoms with Gasteiger partial charge in [-0.25, -0.2) is 4.79 Å². The van der Waals surface area contributed by atoms with E-state index >= 15 is 0 Å². The molecule has 4 amide bonds. The summed E-state index contributed by atoms with van der Waals surface area (Å²) in [6.07, 6.45) is 5.15. The number of nitrogens with one attached hydrogen (secondary N) is 3. The van der Waals surface area contributed by atoms with Crippen LogP contribution in [-0.4, -0.2) is 87.1 Å². The second-order valence-electron chi connectivity index (χ2n) is 10.5. The number of amides is 4. The van der Waals surface area contributed by atoms with Crippen molar-refractivity contribution >= 4 is 48.2 Å². The zero-order valence-electron chi connectivity index (χ0n) is 22.7. The molecule has 12 nitrogen and oxygen atoms in total. The number of carboxylic acids is 2. The molecule has 1 saturated carbocycles.